The molecule has 0 aliphatic carbocycles. The van der Waals surface area contributed by atoms with Crippen molar-refractivity contribution in [3.63, 3.8) is 0 Å². The zero-order valence-corrected chi connectivity index (χ0v) is 7.13. The van der Waals surface area contributed by atoms with E-state index in [-0.39, 0.29) is 13.0 Å². The van der Waals surface area contributed by atoms with E-state index in [0.717, 1.165) is 0 Å². The standard InChI is InChI=1S/C5H13NO4S/c1-2-5(3-4-6-7)11(8,9)10/h5-7H,2-4H2,1H3,(H,8,9,10). The molecule has 0 rings (SSSR count). The van der Waals surface area contributed by atoms with Crippen molar-refractivity contribution < 1.29 is 18.2 Å². The lowest BCUT2D eigenvalue weighted by Gasteiger charge is -2.09. The van der Waals surface area contributed by atoms with Crippen LogP contribution in [0.4, 0.5) is 0 Å². The zero-order chi connectivity index (χ0) is 8.91. The van der Waals surface area contributed by atoms with Gasteiger partial charge in [0.15, 0.2) is 0 Å². The van der Waals surface area contributed by atoms with Crippen LogP contribution in [-0.4, -0.2) is 30.0 Å². The van der Waals surface area contributed by atoms with E-state index in [9.17, 15) is 8.42 Å². The molecule has 0 aliphatic rings. The quantitative estimate of drug-likeness (QED) is 0.413. The van der Waals surface area contributed by atoms with Crippen molar-refractivity contribution >= 4 is 10.1 Å². The molecule has 0 aromatic heterocycles. The summed E-state index contributed by atoms with van der Waals surface area (Å²) in [7, 11) is -3.94. The van der Waals surface area contributed by atoms with Crippen LogP contribution >= 0.6 is 0 Å². The van der Waals surface area contributed by atoms with Crippen molar-refractivity contribution in [3.05, 3.63) is 0 Å². The summed E-state index contributed by atoms with van der Waals surface area (Å²) in [6.07, 6.45) is 0.562. The first-order valence-electron chi connectivity index (χ1n) is 3.35. The van der Waals surface area contributed by atoms with Gasteiger partial charge in [0.1, 0.15) is 0 Å². The van der Waals surface area contributed by atoms with E-state index in [4.69, 9.17) is 9.76 Å². The van der Waals surface area contributed by atoms with E-state index in [1.807, 2.05) is 5.48 Å². The predicted molar refractivity (Wildman–Crippen MR) is 40.0 cm³/mol. The highest BCUT2D eigenvalue weighted by Crippen LogP contribution is 2.07. The molecule has 68 valence electrons. The minimum Gasteiger partial charge on any atom is -0.317 e. The van der Waals surface area contributed by atoms with Crippen molar-refractivity contribution in [3.8, 4) is 0 Å². The monoisotopic (exact) mass is 183 g/mol. The fourth-order valence-electron chi connectivity index (χ4n) is 0.789. The summed E-state index contributed by atoms with van der Waals surface area (Å²) in [4.78, 5) is 0. The number of rotatable bonds is 5. The Morgan fingerprint density at radius 1 is 1.55 bits per heavy atom. The Bertz CT molecular complexity index is 189. The van der Waals surface area contributed by atoms with Crippen molar-refractivity contribution in [2.45, 2.75) is 25.0 Å². The molecule has 11 heavy (non-hydrogen) atoms. The summed E-state index contributed by atoms with van der Waals surface area (Å²) in [5.41, 5.74) is 1.83. The third-order valence-electron chi connectivity index (χ3n) is 1.45. The number of hydrogen-bond donors (Lipinski definition) is 3. The van der Waals surface area contributed by atoms with Crippen LogP contribution in [0.5, 0.6) is 0 Å². The summed E-state index contributed by atoms with van der Waals surface area (Å²) in [5, 5.41) is 7.37. The van der Waals surface area contributed by atoms with E-state index in [0.29, 0.717) is 6.42 Å². The molecule has 0 aromatic carbocycles. The van der Waals surface area contributed by atoms with Crippen LogP contribution in [0.25, 0.3) is 0 Å². The SMILES string of the molecule is CCC(CCNO)S(=O)(=O)O. The zero-order valence-electron chi connectivity index (χ0n) is 6.32. The molecule has 0 heterocycles. The van der Waals surface area contributed by atoms with Crippen LogP contribution in [-0.2, 0) is 10.1 Å². The van der Waals surface area contributed by atoms with Crippen molar-refractivity contribution in [1.82, 2.24) is 5.48 Å². The largest absolute Gasteiger partial charge is 0.317 e. The first kappa shape index (κ1) is 10.8. The molecule has 0 fully saturated rings. The Kier molecular flexibility index (Phi) is 4.58. The van der Waals surface area contributed by atoms with Gasteiger partial charge in [-0.2, -0.15) is 8.42 Å². The van der Waals surface area contributed by atoms with Crippen molar-refractivity contribution in [2.75, 3.05) is 6.54 Å². The van der Waals surface area contributed by atoms with Gasteiger partial charge in [-0.1, -0.05) is 6.92 Å². The second kappa shape index (κ2) is 4.66. The lowest BCUT2D eigenvalue weighted by atomic mass is 10.2. The lowest BCUT2D eigenvalue weighted by molar-refractivity contribution is 0.165. The fourth-order valence-corrected chi connectivity index (χ4v) is 1.63. The minimum atomic E-state index is -3.94. The Morgan fingerprint density at radius 3 is 2.36 bits per heavy atom. The van der Waals surface area contributed by atoms with Crippen LogP contribution in [0.3, 0.4) is 0 Å². The van der Waals surface area contributed by atoms with Gasteiger partial charge in [-0.25, -0.2) is 5.48 Å². The molecule has 0 radical (unpaired) electrons. The summed E-state index contributed by atoms with van der Waals surface area (Å²) in [6, 6.07) is 0. The molecular formula is C5H13NO4S. The minimum absolute atomic E-state index is 0.165. The molecule has 0 aromatic rings. The number of hydrogen-bond acceptors (Lipinski definition) is 4. The summed E-state index contributed by atoms with van der Waals surface area (Å²) < 4.78 is 29.6. The molecule has 5 nitrogen and oxygen atoms in total. The van der Waals surface area contributed by atoms with Crippen LogP contribution in [0.1, 0.15) is 19.8 Å². The van der Waals surface area contributed by atoms with E-state index < -0.39 is 15.4 Å². The van der Waals surface area contributed by atoms with Crippen molar-refractivity contribution in [2.24, 2.45) is 0 Å². The predicted octanol–water partition coefficient (Wildman–Crippen LogP) is 0.0217. The normalized spacial score (nSPS) is 14.8. The molecule has 6 heteroatoms. The molecule has 0 saturated heterocycles. The second-order valence-corrected chi connectivity index (χ2v) is 3.94. The molecule has 3 N–H and O–H groups in total. The maximum atomic E-state index is 10.5. The Morgan fingerprint density at radius 2 is 2.09 bits per heavy atom. The van der Waals surface area contributed by atoms with Gasteiger partial charge < -0.3 is 5.21 Å². The maximum absolute atomic E-state index is 10.5. The average Bonchev–Trinajstić information content (AvgIpc) is 1.87. The van der Waals surface area contributed by atoms with Gasteiger partial charge in [0, 0.05) is 6.54 Å². The topological polar surface area (TPSA) is 86.6 Å². The van der Waals surface area contributed by atoms with Gasteiger partial charge in [0.05, 0.1) is 5.25 Å². The number of hydroxylamine groups is 1. The highest BCUT2D eigenvalue weighted by Gasteiger charge is 2.19. The Labute approximate surface area is 66.1 Å². The molecular weight excluding hydrogens is 170 g/mol. The molecule has 0 amide bonds. The van der Waals surface area contributed by atoms with Crippen LogP contribution < -0.4 is 5.48 Å². The van der Waals surface area contributed by atoms with Crippen LogP contribution in [0.15, 0.2) is 0 Å². The Hall–Kier alpha value is -0.170. The van der Waals surface area contributed by atoms with E-state index >= 15 is 0 Å². The van der Waals surface area contributed by atoms with Gasteiger partial charge in [-0.15, -0.1) is 0 Å². The molecule has 0 saturated carbocycles. The third kappa shape index (κ3) is 4.31. The van der Waals surface area contributed by atoms with E-state index in [2.05, 4.69) is 0 Å². The van der Waals surface area contributed by atoms with Gasteiger partial charge >= 0.3 is 0 Å². The van der Waals surface area contributed by atoms with Crippen LogP contribution in [0, 0.1) is 0 Å². The molecule has 0 aliphatic heterocycles. The third-order valence-corrected chi connectivity index (χ3v) is 2.87. The highest BCUT2D eigenvalue weighted by atomic mass is 32.2. The number of nitrogens with one attached hydrogen (secondary N) is 1. The van der Waals surface area contributed by atoms with E-state index in [1.54, 1.807) is 6.92 Å². The summed E-state index contributed by atoms with van der Waals surface area (Å²) >= 11 is 0. The smallest absolute Gasteiger partial charge is 0.267 e. The lowest BCUT2D eigenvalue weighted by Crippen LogP contribution is -2.24. The first-order valence-corrected chi connectivity index (χ1v) is 4.86. The molecule has 0 spiro atoms. The maximum Gasteiger partial charge on any atom is 0.267 e. The summed E-state index contributed by atoms with van der Waals surface area (Å²) in [5.74, 6) is 0. The van der Waals surface area contributed by atoms with Crippen LogP contribution in [0.2, 0.25) is 0 Å². The van der Waals surface area contributed by atoms with Gasteiger partial charge in [0.2, 0.25) is 0 Å². The molecule has 0 bridgehead atoms. The van der Waals surface area contributed by atoms with E-state index in [1.165, 1.54) is 0 Å². The van der Waals surface area contributed by atoms with Gasteiger partial charge in [-0.3, -0.25) is 4.55 Å². The fraction of sp³-hybridized carbons (Fsp3) is 1.00. The van der Waals surface area contributed by atoms with Gasteiger partial charge in [-0.05, 0) is 12.8 Å². The van der Waals surface area contributed by atoms with Crippen molar-refractivity contribution in [1.29, 1.82) is 0 Å². The second-order valence-electron chi connectivity index (χ2n) is 2.24. The highest BCUT2D eigenvalue weighted by molar-refractivity contribution is 7.86. The Balaban J connectivity index is 3.97. The first-order chi connectivity index (χ1) is 5.02. The molecule has 1 atom stereocenters. The summed E-state index contributed by atoms with van der Waals surface area (Å²) in [6.45, 7) is 1.83. The van der Waals surface area contributed by atoms with Gasteiger partial charge in [0.25, 0.3) is 10.1 Å². The average molecular weight is 183 g/mol. The molecule has 1 unspecified atom stereocenters.